The Morgan fingerprint density at radius 3 is 3.00 bits per heavy atom. The number of aromatic amines is 1. The fourth-order valence-corrected chi connectivity index (χ4v) is 3.01. The molecule has 0 spiro atoms. The molecular formula is C14H19N5OS. The quantitative estimate of drug-likeness (QED) is 0.768. The van der Waals surface area contributed by atoms with Crippen molar-refractivity contribution in [3.8, 4) is 0 Å². The molecule has 0 unspecified atom stereocenters. The van der Waals surface area contributed by atoms with E-state index in [0.717, 1.165) is 48.1 Å². The molecule has 2 aromatic rings. The summed E-state index contributed by atoms with van der Waals surface area (Å²) in [5.74, 6) is 1.66. The molecule has 0 amide bonds. The molecule has 7 heteroatoms. The molecule has 1 fully saturated rings. The highest BCUT2D eigenvalue weighted by Gasteiger charge is 2.28. The number of aromatic nitrogens is 4. The summed E-state index contributed by atoms with van der Waals surface area (Å²) in [6.07, 6.45) is 5.10. The molecule has 0 aromatic carbocycles. The van der Waals surface area contributed by atoms with Crippen molar-refractivity contribution < 1.29 is 0 Å². The molecule has 1 saturated carbocycles. The van der Waals surface area contributed by atoms with Gasteiger partial charge in [-0.25, -0.2) is 14.9 Å². The van der Waals surface area contributed by atoms with Gasteiger partial charge in [-0.1, -0.05) is 24.8 Å². The fourth-order valence-electron chi connectivity index (χ4n) is 2.06. The molecule has 3 rings (SSSR count). The molecule has 2 N–H and O–H groups in total. The van der Waals surface area contributed by atoms with Crippen LogP contribution in [0.1, 0.15) is 37.8 Å². The van der Waals surface area contributed by atoms with Crippen LogP contribution in [-0.4, -0.2) is 26.3 Å². The minimum Gasteiger partial charge on any atom is -0.370 e. The second-order valence-corrected chi connectivity index (χ2v) is 6.12. The maximum atomic E-state index is 11.7. The molecular weight excluding hydrogens is 286 g/mol. The summed E-state index contributed by atoms with van der Waals surface area (Å²) in [6.45, 7) is 3.06. The van der Waals surface area contributed by atoms with Gasteiger partial charge in [0.25, 0.3) is 0 Å². The molecule has 6 nitrogen and oxygen atoms in total. The zero-order chi connectivity index (χ0) is 14.7. The van der Waals surface area contributed by atoms with Gasteiger partial charge in [0.1, 0.15) is 5.82 Å². The molecule has 0 radical (unpaired) electrons. The third-order valence-corrected chi connectivity index (χ3v) is 4.36. The van der Waals surface area contributed by atoms with Crippen LogP contribution in [0.25, 0.3) is 0 Å². The van der Waals surface area contributed by atoms with Crippen LogP contribution in [0, 0.1) is 0 Å². The van der Waals surface area contributed by atoms with Gasteiger partial charge in [-0.2, -0.15) is 0 Å². The summed E-state index contributed by atoms with van der Waals surface area (Å²) >= 11 is 1.57. The molecule has 21 heavy (non-hydrogen) atoms. The van der Waals surface area contributed by atoms with E-state index in [2.05, 4.69) is 33.5 Å². The van der Waals surface area contributed by atoms with Crippen LogP contribution < -0.4 is 11.0 Å². The number of hydrogen-bond donors (Lipinski definition) is 2. The summed E-state index contributed by atoms with van der Waals surface area (Å²) in [6, 6.07) is 4.39. The standard InChI is InChI=1S/C14H19N5OS/c1-2-7-15-12-6-3-10(8-16-12)9-21-14-18-17-13(20)19(14)11-4-5-11/h3,6,8,11H,2,4-5,7,9H2,1H3,(H,15,16)(H,17,20). The van der Waals surface area contributed by atoms with Crippen molar-refractivity contribution in [3.05, 3.63) is 34.4 Å². The van der Waals surface area contributed by atoms with E-state index in [-0.39, 0.29) is 5.69 Å². The normalized spacial score (nSPS) is 14.3. The first-order valence-electron chi connectivity index (χ1n) is 7.26. The number of H-pyrrole nitrogens is 1. The van der Waals surface area contributed by atoms with Crippen molar-refractivity contribution in [2.45, 2.75) is 43.1 Å². The van der Waals surface area contributed by atoms with Crippen LogP contribution in [0.2, 0.25) is 0 Å². The average Bonchev–Trinajstić information content (AvgIpc) is 3.27. The lowest BCUT2D eigenvalue weighted by Gasteiger charge is -2.06. The summed E-state index contributed by atoms with van der Waals surface area (Å²) in [5.41, 5.74) is 1.03. The monoisotopic (exact) mass is 305 g/mol. The number of pyridine rings is 1. The molecule has 2 heterocycles. The summed E-state index contributed by atoms with van der Waals surface area (Å²) in [4.78, 5) is 16.1. The van der Waals surface area contributed by atoms with Crippen molar-refractivity contribution in [1.82, 2.24) is 19.7 Å². The van der Waals surface area contributed by atoms with Crippen LogP contribution in [-0.2, 0) is 5.75 Å². The summed E-state index contributed by atoms with van der Waals surface area (Å²) in [5, 5.41) is 10.7. The van der Waals surface area contributed by atoms with E-state index in [1.165, 1.54) is 0 Å². The molecule has 2 aromatic heterocycles. The molecule has 0 aliphatic heterocycles. The lowest BCUT2D eigenvalue weighted by Crippen LogP contribution is -2.16. The Morgan fingerprint density at radius 1 is 1.48 bits per heavy atom. The van der Waals surface area contributed by atoms with Crippen molar-refractivity contribution in [2.75, 3.05) is 11.9 Å². The molecule has 0 bridgehead atoms. The smallest absolute Gasteiger partial charge is 0.344 e. The Balaban J connectivity index is 1.61. The summed E-state index contributed by atoms with van der Waals surface area (Å²) < 4.78 is 1.77. The van der Waals surface area contributed by atoms with Crippen molar-refractivity contribution in [1.29, 1.82) is 0 Å². The third kappa shape index (κ3) is 3.47. The van der Waals surface area contributed by atoms with Gasteiger partial charge in [-0.15, -0.1) is 5.10 Å². The average molecular weight is 305 g/mol. The zero-order valence-corrected chi connectivity index (χ0v) is 12.8. The first-order valence-corrected chi connectivity index (χ1v) is 8.25. The predicted octanol–water partition coefficient (Wildman–Crippen LogP) is 2.42. The highest BCUT2D eigenvalue weighted by atomic mass is 32.2. The number of thioether (sulfide) groups is 1. The van der Waals surface area contributed by atoms with E-state index >= 15 is 0 Å². The Kier molecular flexibility index (Phi) is 4.28. The van der Waals surface area contributed by atoms with E-state index in [9.17, 15) is 4.79 Å². The van der Waals surface area contributed by atoms with E-state index in [1.54, 1.807) is 16.3 Å². The van der Waals surface area contributed by atoms with Crippen molar-refractivity contribution >= 4 is 17.6 Å². The highest BCUT2D eigenvalue weighted by molar-refractivity contribution is 7.98. The number of hydrogen-bond acceptors (Lipinski definition) is 5. The Hall–Kier alpha value is -1.76. The molecule has 1 aliphatic carbocycles. The third-order valence-electron chi connectivity index (χ3n) is 3.33. The number of anilines is 1. The topological polar surface area (TPSA) is 75.6 Å². The maximum absolute atomic E-state index is 11.7. The summed E-state index contributed by atoms with van der Waals surface area (Å²) in [7, 11) is 0. The predicted molar refractivity (Wildman–Crippen MR) is 83.7 cm³/mol. The van der Waals surface area contributed by atoms with Crippen LogP contribution in [0.3, 0.4) is 0 Å². The zero-order valence-electron chi connectivity index (χ0n) is 12.0. The molecule has 1 aliphatic rings. The van der Waals surface area contributed by atoms with Gasteiger partial charge >= 0.3 is 5.69 Å². The minimum atomic E-state index is -0.0998. The largest absolute Gasteiger partial charge is 0.370 e. The van der Waals surface area contributed by atoms with Gasteiger partial charge in [0, 0.05) is 24.5 Å². The highest BCUT2D eigenvalue weighted by Crippen LogP contribution is 2.36. The molecule has 0 atom stereocenters. The second-order valence-electron chi connectivity index (χ2n) is 5.18. The molecule has 0 saturated heterocycles. The van der Waals surface area contributed by atoms with Crippen molar-refractivity contribution in [2.24, 2.45) is 0 Å². The van der Waals surface area contributed by atoms with Gasteiger partial charge in [0.05, 0.1) is 0 Å². The van der Waals surface area contributed by atoms with Crippen LogP contribution >= 0.6 is 11.8 Å². The van der Waals surface area contributed by atoms with E-state index in [0.29, 0.717) is 6.04 Å². The first-order chi connectivity index (χ1) is 10.3. The SMILES string of the molecule is CCCNc1ccc(CSc2n[nH]c(=O)n2C2CC2)cn1. The number of nitrogens with one attached hydrogen (secondary N) is 2. The van der Waals surface area contributed by atoms with Crippen LogP contribution in [0.4, 0.5) is 5.82 Å². The second kappa shape index (κ2) is 6.34. The Labute approximate surface area is 127 Å². The van der Waals surface area contributed by atoms with Crippen molar-refractivity contribution in [3.63, 3.8) is 0 Å². The van der Waals surface area contributed by atoms with Gasteiger partial charge in [-0.05, 0) is 30.9 Å². The van der Waals surface area contributed by atoms with E-state index in [4.69, 9.17) is 0 Å². The van der Waals surface area contributed by atoms with E-state index in [1.807, 2.05) is 12.3 Å². The van der Waals surface area contributed by atoms with Crippen LogP contribution in [0.15, 0.2) is 28.3 Å². The van der Waals surface area contributed by atoms with Gasteiger partial charge in [-0.3, -0.25) is 4.57 Å². The maximum Gasteiger partial charge on any atom is 0.344 e. The van der Waals surface area contributed by atoms with Gasteiger partial charge in [0.2, 0.25) is 0 Å². The first kappa shape index (κ1) is 14.2. The number of nitrogens with zero attached hydrogens (tertiary/aromatic N) is 3. The van der Waals surface area contributed by atoms with Gasteiger partial charge in [0.15, 0.2) is 5.16 Å². The van der Waals surface area contributed by atoms with Crippen LogP contribution in [0.5, 0.6) is 0 Å². The Bertz CT molecular complexity index is 644. The lowest BCUT2D eigenvalue weighted by atomic mass is 10.3. The lowest BCUT2D eigenvalue weighted by molar-refractivity contribution is 0.642. The minimum absolute atomic E-state index is 0.0998. The fraction of sp³-hybridized carbons (Fsp3) is 0.500. The van der Waals surface area contributed by atoms with Gasteiger partial charge < -0.3 is 5.32 Å². The van der Waals surface area contributed by atoms with E-state index < -0.39 is 0 Å². The molecule has 112 valence electrons. The number of rotatable bonds is 7. The Morgan fingerprint density at radius 2 is 2.33 bits per heavy atom.